The molecular formula is C19H23N3O3S. The number of urea groups is 1. The number of carbonyl (C=O) groups excluding carboxylic acids is 2. The van der Waals surface area contributed by atoms with Crippen LogP contribution in [0.25, 0.3) is 0 Å². The highest BCUT2D eigenvalue weighted by atomic mass is 32.1. The van der Waals surface area contributed by atoms with Crippen molar-refractivity contribution in [3.8, 4) is 5.75 Å². The van der Waals surface area contributed by atoms with Crippen LogP contribution in [0, 0.1) is 0 Å². The second-order valence-corrected chi connectivity index (χ2v) is 7.36. The molecule has 4 N–H and O–H groups in total. The van der Waals surface area contributed by atoms with Gasteiger partial charge in [-0.1, -0.05) is 6.07 Å². The van der Waals surface area contributed by atoms with Crippen LogP contribution in [0.15, 0.2) is 41.8 Å². The fourth-order valence-corrected chi connectivity index (χ4v) is 3.87. The molecule has 7 heteroatoms. The Kier molecular flexibility index (Phi) is 6.12. The summed E-state index contributed by atoms with van der Waals surface area (Å²) in [6, 6.07) is 10.0. The van der Waals surface area contributed by atoms with Gasteiger partial charge in [-0.05, 0) is 61.4 Å². The maximum Gasteiger partial charge on any atom is 0.312 e. The molecule has 1 atom stereocenters. The van der Waals surface area contributed by atoms with Crippen molar-refractivity contribution in [3.63, 3.8) is 0 Å². The van der Waals surface area contributed by atoms with Crippen molar-refractivity contribution in [1.29, 1.82) is 0 Å². The van der Waals surface area contributed by atoms with Crippen molar-refractivity contribution in [3.05, 3.63) is 46.7 Å². The van der Waals surface area contributed by atoms with Crippen LogP contribution < -0.4 is 21.1 Å². The number of nitrogens with one attached hydrogen (secondary N) is 2. The number of thiophene rings is 1. The number of ether oxygens (including phenoxy) is 1. The van der Waals surface area contributed by atoms with Crippen LogP contribution in [0.4, 0.5) is 10.5 Å². The molecule has 0 spiro atoms. The molecule has 3 rings (SSSR count). The van der Waals surface area contributed by atoms with Crippen molar-refractivity contribution in [1.82, 2.24) is 5.32 Å². The van der Waals surface area contributed by atoms with Crippen LogP contribution in [0.1, 0.15) is 43.0 Å². The summed E-state index contributed by atoms with van der Waals surface area (Å²) in [5, 5.41) is 7.36. The molecule has 0 bridgehead atoms. The first-order valence-electron chi connectivity index (χ1n) is 8.76. The van der Waals surface area contributed by atoms with Crippen LogP contribution in [0.2, 0.25) is 0 Å². The lowest BCUT2D eigenvalue weighted by Crippen LogP contribution is -2.34. The molecule has 138 valence electrons. The Morgan fingerprint density at radius 3 is 2.54 bits per heavy atom. The number of carbonyl (C=O) groups is 2. The van der Waals surface area contributed by atoms with Gasteiger partial charge in [-0.25, -0.2) is 4.79 Å². The summed E-state index contributed by atoms with van der Waals surface area (Å²) in [7, 11) is 0. The Morgan fingerprint density at radius 1 is 1.19 bits per heavy atom. The number of primary amides is 1. The van der Waals surface area contributed by atoms with Crippen molar-refractivity contribution >= 4 is 29.0 Å². The predicted molar refractivity (Wildman–Crippen MR) is 102 cm³/mol. The minimum Gasteiger partial charge on any atom is -0.490 e. The minimum absolute atomic E-state index is 0.115. The predicted octanol–water partition coefficient (Wildman–Crippen LogP) is 3.81. The third-order valence-electron chi connectivity index (χ3n) is 4.34. The van der Waals surface area contributed by atoms with Crippen LogP contribution in [-0.2, 0) is 4.79 Å². The molecule has 1 aliphatic rings. The zero-order valence-corrected chi connectivity index (χ0v) is 15.3. The number of anilines is 1. The molecule has 0 saturated heterocycles. The average molecular weight is 373 g/mol. The van der Waals surface area contributed by atoms with Gasteiger partial charge < -0.3 is 21.1 Å². The summed E-state index contributed by atoms with van der Waals surface area (Å²) in [5.74, 6) is 0.628. The molecule has 3 amide bonds. The van der Waals surface area contributed by atoms with Gasteiger partial charge >= 0.3 is 6.03 Å². The maximum atomic E-state index is 12.3. The Balaban J connectivity index is 1.55. The van der Waals surface area contributed by atoms with Crippen LogP contribution in [-0.4, -0.2) is 18.0 Å². The summed E-state index contributed by atoms with van der Waals surface area (Å²) in [4.78, 5) is 24.4. The van der Waals surface area contributed by atoms with E-state index in [0.29, 0.717) is 11.8 Å². The average Bonchev–Trinajstić information content (AvgIpc) is 3.29. The highest BCUT2D eigenvalue weighted by Gasteiger charge is 2.19. The van der Waals surface area contributed by atoms with E-state index < -0.39 is 12.1 Å². The first-order chi connectivity index (χ1) is 12.6. The largest absolute Gasteiger partial charge is 0.490 e. The number of nitrogens with two attached hydrogens (primary N) is 1. The normalized spacial score (nSPS) is 15.4. The molecule has 1 aromatic heterocycles. The first kappa shape index (κ1) is 18.3. The van der Waals surface area contributed by atoms with Gasteiger partial charge in [0, 0.05) is 10.6 Å². The molecule has 0 aliphatic heterocycles. The van der Waals surface area contributed by atoms with Crippen molar-refractivity contribution < 1.29 is 14.3 Å². The molecule has 1 aliphatic carbocycles. The van der Waals surface area contributed by atoms with E-state index in [9.17, 15) is 9.59 Å². The molecule has 6 nitrogen and oxygen atoms in total. The quantitative estimate of drug-likeness (QED) is 0.689. The van der Waals surface area contributed by atoms with Gasteiger partial charge in [0.1, 0.15) is 5.75 Å². The minimum atomic E-state index is -0.649. The summed E-state index contributed by atoms with van der Waals surface area (Å²) in [6.07, 6.45) is 5.09. The summed E-state index contributed by atoms with van der Waals surface area (Å²) < 4.78 is 5.92. The standard InChI is InChI=1S/C19H23N3O3S/c20-19(24)22-16(17-6-3-11-26-17)12-18(23)21-13-7-9-15(10-8-13)25-14-4-1-2-5-14/h3,6-11,14,16H,1-2,4-5,12H2,(H,21,23)(H3,20,22,24). The van der Waals surface area contributed by atoms with Gasteiger partial charge in [-0.15, -0.1) is 11.3 Å². The van der Waals surface area contributed by atoms with Crippen molar-refractivity contribution in [2.45, 2.75) is 44.2 Å². The van der Waals surface area contributed by atoms with Crippen LogP contribution >= 0.6 is 11.3 Å². The molecule has 2 aromatic rings. The molecule has 0 radical (unpaired) electrons. The van der Waals surface area contributed by atoms with E-state index in [2.05, 4.69) is 10.6 Å². The lowest BCUT2D eigenvalue weighted by atomic mass is 10.1. The maximum absolute atomic E-state index is 12.3. The van der Waals surface area contributed by atoms with Crippen molar-refractivity contribution in [2.75, 3.05) is 5.32 Å². The van der Waals surface area contributed by atoms with Gasteiger partial charge in [0.15, 0.2) is 0 Å². The second-order valence-electron chi connectivity index (χ2n) is 6.38. The summed E-state index contributed by atoms with van der Waals surface area (Å²) >= 11 is 1.47. The zero-order chi connectivity index (χ0) is 18.4. The lowest BCUT2D eigenvalue weighted by Gasteiger charge is -2.16. The Labute approximate surface area is 156 Å². The van der Waals surface area contributed by atoms with Gasteiger partial charge in [0.05, 0.1) is 18.6 Å². The SMILES string of the molecule is NC(=O)NC(CC(=O)Nc1ccc(OC2CCCC2)cc1)c1cccs1. The number of rotatable bonds is 7. The van der Waals surface area contributed by atoms with E-state index >= 15 is 0 Å². The summed E-state index contributed by atoms with van der Waals surface area (Å²) in [5.41, 5.74) is 5.91. The van der Waals surface area contributed by atoms with E-state index in [1.165, 1.54) is 24.2 Å². The van der Waals surface area contributed by atoms with Gasteiger partial charge in [0.2, 0.25) is 5.91 Å². The summed E-state index contributed by atoms with van der Waals surface area (Å²) in [6.45, 7) is 0. The van der Waals surface area contributed by atoms with E-state index in [1.807, 2.05) is 41.8 Å². The van der Waals surface area contributed by atoms with E-state index in [4.69, 9.17) is 10.5 Å². The number of benzene rings is 1. The molecule has 1 heterocycles. The first-order valence-corrected chi connectivity index (χ1v) is 9.64. The molecule has 1 saturated carbocycles. The third-order valence-corrected chi connectivity index (χ3v) is 5.32. The number of hydrogen-bond donors (Lipinski definition) is 3. The van der Waals surface area contributed by atoms with Crippen molar-refractivity contribution in [2.24, 2.45) is 5.73 Å². The van der Waals surface area contributed by atoms with Crippen LogP contribution in [0.3, 0.4) is 0 Å². The lowest BCUT2D eigenvalue weighted by molar-refractivity contribution is -0.116. The van der Waals surface area contributed by atoms with E-state index in [-0.39, 0.29) is 12.3 Å². The fraction of sp³-hybridized carbons (Fsp3) is 0.368. The van der Waals surface area contributed by atoms with Gasteiger partial charge in [-0.2, -0.15) is 0 Å². The highest BCUT2D eigenvalue weighted by molar-refractivity contribution is 7.10. The Bertz CT molecular complexity index is 725. The Morgan fingerprint density at radius 2 is 1.92 bits per heavy atom. The van der Waals surface area contributed by atoms with Gasteiger partial charge in [-0.3, -0.25) is 4.79 Å². The molecule has 1 fully saturated rings. The molecule has 26 heavy (non-hydrogen) atoms. The number of hydrogen-bond acceptors (Lipinski definition) is 4. The highest BCUT2D eigenvalue weighted by Crippen LogP contribution is 2.26. The molecule has 1 unspecified atom stereocenters. The molecule has 1 aromatic carbocycles. The van der Waals surface area contributed by atoms with E-state index in [1.54, 1.807) is 0 Å². The second kappa shape index (κ2) is 8.71. The van der Waals surface area contributed by atoms with E-state index in [0.717, 1.165) is 23.5 Å². The zero-order valence-electron chi connectivity index (χ0n) is 14.4. The molecular weight excluding hydrogens is 350 g/mol. The third kappa shape index (κ3) is 5.23. The number of amides is 3. The topological polar surface area (TPSA) is 93.5 Å². The van der Waals surface area contributed by atoms with Crippen LogP contribution in [0.5, 0.6) is 5.75 Å². The van der Waals surface area contributed by atoms with Gasteiger partial charge in [0.25, 0.3) is 0 Å². The Hall–Kier alpha value is -2.54. The smallest absolute Gasteiger partial charge is 0.312 e. The monoisotopic (exact) mass is 373 g/mol. The fourth-order valence-electron chi connectivity index (χ4n) is 3.10.